The zero-order valence-corrected chi connectivity index (χ0v) is 11.1. The number of aliphatic hydroxyl groups excluding tert-OH is 1. The maximum atomic E-state index is 9.83. The van der Waals surface area contributed by atoms with Crippen molar-refractivity contribution in [2.75, 3.05) is 13.1 Å². The summed E-state index contributed by atoms with van der Waals surface area (Å²) in [6.07, 6.45) is 11.6. The van der Waals surface area contributed by atoms with Crippen molar-refractivity contribution < 1.29 is 5.11 Å². The van der Waals surface area contributed by atoms with E-state index in [1.807, 2.05) is 12.3 Å². The number of aliphatic hydroxyl groups is 1. The van der Waals surface area contributed by atoms with Gasteiger partial charge in [-0.25, -0.2) is 0 Å². The third kappa shape index (κ3) is 4.78. The summed E-state index contributed by atoms with van der Waals surface area (Å²) in [5.41, 5.74) is 0. The van der Waals surface area contributed by atoms with Gasteiger partial charge in [-0.15, -0.1) is 0 Å². The van der Waals surface area contributed by atoms with Gasteiger partial charge in [-0.05, 0) is 24.9 Å². The number of nitrogens with zero attached hydrogens (tertiary/aromatic N) is 2. The van der Waals surface area contributed by atoms with E-state index in [0.717, 1.165) is 12.5 Å². The van der Waals surface area contributed by atoms with E-state index in [1.54, 1.807) is 10.9 Å². The minimum absolute atomic E-state index is 0.351. The molecule has 1 aromatic heterocycles. The first kappa shape index (κ1) is 13.6. The SMILES string of the molecule is OC(CNCCC1CCCCC1)Cn1cccn1. The first-order chi connectivity index (χ1) is 8.84. The average Bonchev–Trinajstić information content (AvgIpc) is 2.89. The zero-order valence-electron chi connectivity index (χ0n) is 11.1. The molecule has 2 N–H and O–H groups in total. The molecule has 1 heterocycles. The van der Waals surface area contributed by atoms with Gasteiger partial charge < -0.3 is 10.4 Å². The second kappa shape index (κ2) is 7.54. The Kier molecular flexibility index (Phi) is 5.68. The van der Waals surface area contributed by atoms with Crippen molar-refractivity contribution in [2.45, 2.75) is 51.2 Å². The van der Waals surface area contributed by atoms with Crippen LogP contribution in [0.3, 0.4) is 0 Å². The van der Waals surface area contributed by atoms with Crippen LogP contribution >= 0.6 is 0 Å². The van der Waals surface area contributed by atoms with E-state index >= 15 is 0 Å². The fourth-order valence-electron chi connectivity index (χ4n) is 2.74. The quantitative estimate of drug-likeness (QED) is 0.727. The summed E-state index contributed by atoms with van der Waals surface area (Å²) < 4.78 is 1.77. The fraction of sp³-hybridized carbons (Fsp3) is 0.786. The molecule has 1 atom stereocenters. The fourth-order valence-corrected chi connectivity index (χ4v) is 2.74. The highest BCUT2D eigenvalue weighted by molar-refractivity contribution is 4.78. The van der Waals surface area contributed by atoms with Gasteiger partial charge in [0.05, 0.1) is 12.6 Å². The van der Waals surface area contributed by atoms with E-state index in [4.69, 9.17) is 0 Å². The van der Waals surface area contributed by atoms with Crippen LogP contribution in [-0.2, 0) is 6.54 Å². The summed E-state index contributed by atoms with van der Waals surface area (Å²) >= 11 is 0. The maximum absolute atomic E-state index is 9.83. The lowest BCUT2D eigenvalue weighted by Crippen LogP contribution is -2.31. The van der Waals surface area contributed by atoms with Crippen LogP contribution in [0.25, 0.3) is 0 Å². The first-order valence-electron chi connectivity index (χ1n) is 7.21. The molecule has 0 bridgehead atoms. The van der Waals surface area contributed by atoms with Gasteiger partial charge in [-0.1, -0.05) is 32.1 Å². The van der Waals surface area contributed by atoms with E-state index in [1.165, 1.54) is 38.5 Å². The van der Waals surface area contributed by atoms with Crippen molar-refractivity contribution in [1.29, 1.82) is 0 Å². The Labute approximate surface area is 109 Å². The van der Waals surface area contributed by atoms with Crippen molar-refractivity contribution in [3.8, 4) is 0 Å². The van der Waals surface area contributed by atoms with Gasteiger partial charge in [0.1, 0.15) is 0 Å². The van der Waals surface area contributed by atoms with Crippen molar-refractivity contribution >= 4 is 0 Å². The molecule has 4 nitrogen and oxygen atoms in total. The highest BCUT2D eigenvalue weighted by atomic mass is 16.3. The topological polar surface area (TPSA) is 50.1 Å². The second-order valence-corrected chi connectivity index (χ2v) is 5.38. The molecule has 1 saturated carbocycles. The van der Waals surface area contributed by atoms with Crippen LogP contribution in [0.2, 0.25) is 0 Å². The second-order valence-electron chi connectivity index (χ2n) is 5.38. The van der Waals surface area contributed by atoms with Crippen molar-refractivity contribution in [1.82, 2.24) is 15.1 Å². The molecule has 1 aromatic rings. The van der Waals surface area contributed by atoms with Gasteiger partial charge in [0.25, 0.3) is 0 Å². The summed E-state index contributed by atoms with van der Waals surface area (Å²) in [5.74, 6) is 0.912. The highest BCUT2D eigenvalue weighted by Crippen LogP contribution is 2.25. The lowest BCUT2D eigenvalue weighted by molar-refractivity contribution is 0.146. The average molecular weight is 251 g/mol. The Morgan fingerprint density at radius 3 is 2.89 bits per heavy atom. The van der Waals surface area contributed by atoms with Crippen LogP contribution in [-0.4, -0.2) is 34.1 Å². The van der Waals surface area contributed by atoms with Crippen molar-refractivity contribution in [3.05, 3.63) is 18.5 Å². The predicted molar refractivity (Wildman–Crippen MR) is 72.3 cm³/mol. The molecule has 1 fully saturated rings. The first-order valence-corrected chi connectivity index (χ1v) is 7.21. The molecular formula is C14H25N3O. The van der Waals surface area contributed by atoms with E-state index < -0.39 is 0 Å². The third-order valence-corrected chi connectivity index (χ3v) is 3.79. The Morgan fingerprint density at radius 2 is 2.17 bits per heavy atom. The van der Waals surface area contributed by atoms with Crippen LogP contribution in [0.4, 0.5) is 0 Å². The smallest absolute Gasteiger partial charge is 0.0860 e. The van der Waals surface area contributed by atoms with Gasteiger partial charge in [-0.3, -0.25) is 4.68 Å². The molecule has 18 heavy (non-hydrogen) atoms. The minimum atomic E-state index is -0.351. The van der Waals surface area contributed by atoms with E-state index in [2.05, 4.69) is 10.4 Å². The molecule has 1 aliphatic carbocycles. The Bertz CT molecular complexity index is 307. The molecule has 2 rings (SSSR count). The van der Waals surface area contributed by atoms with E-state index in [0.29, 0.717) is 13.1 Å². The number of hydrogen-bond acceptors (Lipinski definition) is 3. The molecule has 0 saturated heterocycles. The highest BCUT2D eigenvalue weighted by Gasteiger charge is 2.12. The molecule has 102 valence electrons. The number of nitrogens with one attached hydrogen (secondary N) is 1. The van der Waals surface area contributed by atoms with Crippen LogP contribution in [0.1, 0.15) is 38.5 Å². The maximum Gasteiger partial charge on any atom is 0.0860 e. The molecule has 1 unspecified atom stereocenters. The molecule has 0 aliphatic heterocycles. The van der Waals surface area contributed by atoms with Crippen molar-refractivity contribution in [2.24, 2.45) is 5.92 Å². The normalized spacial score (nSPS) is 18.9. The number of rotatable bonds is 7. The van der Waals surface area contributed by atoms with Crippen molar-refractivity contribution in [3.63, 3.8) is 0 Å². The summed E-state index contributed by atoms with van der Waals surface area (Å²) in [7, 11) is 0. The summed E-state index contributed by atoms with van der Waals surface area (Å²) in [6.45, 7) is 2.26. The van der Waals surface area contributed by atoms with Crippen LogP contribution in [0.15, 0.2) is 18.5 Å². The Balaban J connectivity index is 1.52. The largest absolute Gasteiger partial charge is 0.390 e. The Hall–Kier alpha value is -0.870. The van der Waals surface area contributed by atoms with Gasteiger partial charge in [-0.2, -0.15) is 5.10 Å². The zero-order chi connectivity index (χ0) is 12.6. The third-order valence-electron chi connectivity index (χ3n) is 3.79. The molecule has 0 aromatic carbocycles. The molecular weight excluding hydrogens is 226 g/mol. The summed E-state index contributed by atoms with van der Waals surface area (Å²) in [4.78, 5) is 0. The number of hydrogen-bond donors (Lipinski definition) is 2. The van der Waals surface area contributed by atoms with Gasteiger partial charge in [0.2, 0.25) is 0 Å². The molecule has 0 amide bonds. The monoisotopic (exact) mass is 251 g/mol. The van der Waals surface area contributed by atoms with Crippen LogP contribution < -0.4 is 5.32 Å². The molecule has 4 heteroatoms. The summed E-state index contributed by atoms with van der Waals surface area (Å²) in [6, 6.07) is 1.88. The predicted octanol–water partition coefficient (Wildman–Crippen LogP) is 1.80. The lowest BCUT2D eigenvalue weighted by atomic mass is 9.87. The molecule has 0 radical (unpaired) electrons. The van der Waals surface area contributed by atoms with Gasteiger partial charge in [0, 0.05) is 18.9 Å². The van der Waals surface area contributed by atoms with E-state index in [9.17, 15) is 5.11 Å². The molecule has 1 aliphatic rings. The van der Waals surface area contributed by atoms with E-state index in [-0.39, 0.29) is 6.10 Å². The number of aromatic nitrogens is 2. The van der Waals surface area contributed by atoms with Gasteiger partial charge >= 0.3 is 0 Å². The molecule has 0 spiro atoms. The lowest BCUT2D eigenvalue weighted by Gasteiger charge is -2.21. The van der Waals surface area contributed by atoms with Gasteiger partial charge in [0.15, 0.2) is 0 Å². The Morgan fingerprint density at radius 1 is 1.33 bits per heavy atom. The minimum Gasteiger partial charge on any atom is -0.390 e. The summed E-state index contributed by atoms with van der Waals surface area (Å²) in [5, 5.41) is 17.3. The van der Waals surface area contributed by atoms with Crippen LogP contribution in [0.5, 0.6) is 0 Å². The standard InChI is InChI=1S/C14H25N3O/c18-14(12-17-10-4-8-16-17)11-15-9-7-13-5-2-1-3-6-13/h4,8,10,13-15,18H,1-3,5-7,9,11-12H2. The van der Waals surface area contributed by atoms with Crippen LogP contribution in [0, 0.1) is 5.92 Å².